The average molecular weight is 416 g/mol. The molecular weight excluding hydrogens is 389 g/mol. The van der Waals surface area contributed by atoms with Crippen molar-refractivity contribution in [2.45, 2.75) is 26.3 Å². The van der Waals surface area contributed by atoms with Crippen LogP contribution in [-0.4, -0.2) is 45.5 Å². The molecule has 1 saturated heterocycles. The van der Waals surface area contributed by atoms with E-state index in [2.05, 4.69) is 31.6 Å². The average Bonchev–Trinajstić information content (AvgIpc) is 3.08. The molecule has 0 amide bonds. The van der Waals surface area contributed by atoms with Gasteiger partial charge in [0.1, 0.15) is 5.82 Å². The van der Waals surface area contributed by atoms with Crippen molar-refractivity contribution in [3.05, 3.63) is 34.1 Å². The number of rotatable bonds is 9. The third-order valence-electron chi connectivity index (χ3n) is 3.82. The molecule has 1 aromatic carbocycles. The minimum atomic E-state index is -0.262. The Labute approximate surface area is 157 Å². The van der Waals surface area contributed by atoms with Crippen LogP contribution in [-0.2, 0) is 16.0 Å². The zero-order valence-corrected chi connectivity index (χ0v) is 16.3. The molecule has 1 aromatic rings. The van der Waals surface area contributed by atoms with Gasteiger partial charge in [0.05, 0.1) is 19.8 Å². The Bertz CT molecular complexity index is 531. The van der Waals surface area contributed by atoms with E-state index in [0.29, 0.717) is 12.5 Å². The fourth-order valence-electron chi connectivity index (χ4n) is 2.56. The van der Waals surface area contributed by atoms with Gasteiger partial charge in [-0.1, -0.05) is 15.9 Å². The molecule has 1 heterocycles. The van der Waals surface area contributed by atoms with Crippen molar-refractivity contribution >= 4 is 21.9 Å². The molecule has 2 N–H and O–H groups in total. The van der Waals surface area contributed by atoms with E-state index in [1.54, 1.807) is 0 Å². The van der Waals surface area contributed by atoms with Gasteiger partial charge >= 0.3 is 0 Å². The number of aliphatic imine (C=N–C) groups is 1. The molecule has 1 fully saturated rings. The first-order chi connectivity index (χ1) is 12.2. The second-order valence-electron chi connectivity index (χ2n) is 6.06. The molecule has 1 aliphatic heterocycles. The highest BCUT2D eigenvalue weighted by Crippen LogP contribution is 2.15. The molecule has 1 unspecified atom stereocenters. The van der Waals surface area contributed by atoms with E-state index in [0.717, 1.165) is 68.4 Å². The Kier molecular flexibility index (Phi) is 9.21. The predicted molar refractivity (Wildman–Crippen MR) is 101 cm³/mol. The largest absolute Gasteiger partial charge is 0.381 e. The van der Waals surface area contributed by atoms with Gasteiger partial charge in [0.25, 0.3) is 0 Å². The van der Waals surface area contributed by atoms with Gasteiger partial charge < -0.3 is 20.1 Å². The van der Waals surface area contributed by atoms with Crippen LogP contribution in [0.15, 0.2) is 27.7 Å². The highest BCUT2D eigenvalue weighted by molar-refractivity contribution is 9.10. The summed E-state index contributed by atoms with van der Waals surface area (Å²) in [5, 5.41) is 6.47. The fraction of sp³-hybridized carbons (Fsp3) is 0.611. The number of nitrogens with one attached hydrogen (secondary N) is 2. The number of guanidine groups is 1. The fourth-order valence-corrected chi connectivity index (χ4v) is 3.07. The maximum absolute atomic E-state index is 13.4. The SMILES string of the molecule is CCNC(=NCc1cc(F)cc(Br)c1)NCCCOCC1CCOC1. The lowest BCUT2D eigenvalue weighted by Gasteiger charge is -2.12. The van der Waals surface area contributed by atoms with Gasteiger partial charge in [0, 0.05) is 36.7 Å². The van der Waals surface area contributed by atoms with Crippen LogP contribution in [0.3, 0.4) is 0 Å². The van der Waals surface area contributed by atoms with Gasteiger partial charge in [-0.2, -0.15) is 0 Å². The molecule has 1 aliphatic rings. The smallest absolute Gasteiger partial charge is 0.191 e. The van der Waals surface area contributed by atoms with Crippen molar-refractivity contribution in [2.24, 2.45) is 10.9 Å². The second-order valence-corrected chi connectivity index (χ2v) is 6.97. The number of nitrogens with zero attached hydrogens (tertiary/aromatic N) is 1. The first-order valence-corrected chi connectivity index (χ1v) is 9.59. The van der Waals surface area contributed by atoms with Gasteiger partial charge in [-0.05, 0) is 43.5 Å². The molecule has 0 aromatic heterocycles. The summed E-state index contributed by atoms with van der Waals surface area (Å²) in [6, 6.07) is 4.81. The van der Waals surface area contributed by atoms with E-state index in [1.807, 2.05) is 13.0 Å². The standard InChI is InChI=1S/C18H27BrFN3O2/c1-2-21-18(23-11-15-8-16(19)10-17(20)9-15)22-5-3-6-24-12-14-4-7-25-13-14/h8-10,14H,2-7,11-13H2,1H3,(H2,21,22,23). The quantitative estimate of drug-likeness (QED) is 0.369. The van der Waals surface area contributed by atoms with Crippen LogP contribution in [0, 0.1) is 11.7 Å². The number of benzene rings is 1. The van der Waals surface area contributed by atoms with E-state index in [1.165, 1.54) is 12.1 Å². The molecule has 25 heavy (non-hydrogen) atoms. The monoisotopic (exact) mass is 415 g/mol. The Morgan fingerprint density at radius 1 is 1.40 bits per heavy atom. The van der Waals surface area contributed by atoms with Crippen molar-refractivity contribution in [3.63, 3.8) is 0 Å². The summed E-state index contributed by atoms with van der Waals surface area (Å²) < 4.78 is 25.1. The maximum atomic E-state index is 13.4. The summed E-state index contributed by atoms with van der Waals surface area (Å²) in [5.74, 6) is 1.02. The molecular formula is C18H27BrFN3O2. The topological polar surface area (TPSA) is 54.9 Å². The molecule has 7 heteroatoms. The Morgan fingerprint density at radius 2 is 2.28 bits per heavy atom. The molecule has 0 saturated carbocycles. The molecule has 140 valence electrons. The third kappa shape index (κ3) is 8.16. The highest BCUT2D eigenvalue weighted by Gasteiger charge is 2.15. The zero-order chi connectivity index (χ0) is 17.9. The first kappa shape index (κ1) is 20.1. The van der Waals surface area contributed by atoms with E-state index >= 15 is 0 Å². The molecule has 0 aliphatic carbocycles. The summed E-state index contributed by atoms with van der Waals surface area (Å²) in [5.41, 5.74) is 0.825. The van der Waals surface area contributed by atoms with Crippen LogP contribution in [0.2, 0.25) is 0 Å². The van der Waals surface area contributed by atoms with Gasteiger partial charge in [-0.25, -0.2) is 9.38 Å². The van der Waals surface area contributed by atoms with Crippen LogP contribution < -0.4 is 10.6 Å². The van der Waals surface area contributed by atoms with E-state index in [9.17, 15) is 4.39 Å². The van der Waals surface area contributed by atoms with Crippen molar-refractivity contribution in [1.82, 2.24) is 10.6 Å². The van der Waals surface area contributed by atoms with Gasteiger partial charge in [-0.3, -0.25) is 0 Å². The van der Waals surface area contributed by atoms with Crippen LogP contribution in [0.25, 0.3) is 0 Å². The maximum Gasteiger partial charge on any atom is 0.191 e. The number of hydrogen-bond acceptors (Lipinski definition) is 3. The number of hydrogen-bond donors (Lipinski definition) is 2. The van der Waals surface area contributed by atoms with Crippen molar-refractivity contribution in [1.29, 1.82) is 0 Å². The molecule has 2 rings (SSSR count). The van der Waals surface area contributed by atoms with Crippen LogP contribution in [0.4, 0.5) is 4.39 Å². The van der Waals surface area contributed by atoms with Crippen LogP contribution in [0.5, 0.6) is 0 Å². The van der Waals surface area contributed by atoms with E-state index in [-0.39, 0.29) is 5.82 Å². The molecule has 0 bridgehead atoms. The van der Waals surface area contributed by atoms with Crippen molar-refractivity contribution < 1.29 is 13.9 Å². The van der Waals surface area contributed by atoms with Crippen LogP contribution >= 0.6 is 15.9 Å². The Balaban J connectivity index is 1.68. The van der Waals surface area contributed by atoms with Gasteiger partial charge in [0.15, 0.2) is 5.96 Å². The first-order valence-electron chi connectivity index (χ1n) is 8.80. The van der Waals surface area contributed by atoms with Gasteiger partial charge in [0.2, 0.25) is 0 Å². The molecule has 5 nitrogen and oxygen atoms in total. The summed E-state index contributed by atoms with van der Waals surface area (Å²) in [6.07, 6.45) is 2.01. The summed E-state index contributed by atoms with van der Waals surface area (Å²) in [4.78, 5) is 4.50. The van der Waals surface area contributed by atoms with Crippen molar-refractivity contribution in [3.8, 4) is 0 Å². The highest BCUT2D eigenvalue weighted by atomic mass is 79.9. The second kappa shape index (κ2) is 11.4. The third-order valence-corrected chi connectivity index (χ3v) is 4.28. The predicted octanol–water partition coefficient (Wildman–Crippen LogP) is 3.09. The lowest BCUT2D eigenvalue weighted by Crippen LogP contribution is -2.38. The zero-order valence-electron chi connectivity index (χ0n) is 14.7. The van der Waals surface area contributed by atoms with Crippen LogP contribution in [0.1, 0.15) is 25.3 Å². The summed E-state index contributed by atoms with van der Waals surface area (Å²) >= 11 is 3.30. The molecule has 0 spiro atoms. The van der Waals surface area contributed by atoms with Crippen molar-refractivity contribution in [2.75, 3.05) is 39.5 Å². The Hall–Kier alpha value is -1.18. The molecule has 1 atom stereocenters. The molecule has 0 radical (unpaired) electrons. The normalized spacial score (nSPS) is 17.7. The minimum absolute atomic E-state index is 0.262. The van der Waals surface area contributed by atoms with E-state index in [4.69, 9.17) is 9.47 Å². The summed E-state index contributed by atoms with van der Waals surface area (Å²) in [7, 11) is 0. The lowest BCUT2D eigenvalue weighted by atomic mass is 10.1. The van der Waals surface area contributed by atoms with Gasteiger partial charge in [-0.15, -0.1) is 0 Å². The summed E-state index contributed by atoms with van der Waals surface area (Å²) in [6.45, 7) is 7.18. The Morgan fingerprint density at radius 3 is 3.00 bits per heavy atom. The number of ether oxygens (including phenoxy) is 2. The van der Waals surface area contributed by atoms with E-state index < -0.39 is 0 Å². The number of halogens is 2. The minimum Gasteiger partial charge on any atom is -0.381 e. The lowest BCUT2D eigenvalue weighted by molar-refractivity contribution is 0.0888.